The zero-order valence-electron chi connectivity index (χ0n) is 16.6. The molecule has 28 heavy (non-hydrogen) atoms. The van der Waals surface area contributed by atoms with E-state index in [2.05, 4.69) is 33.9 Å². The zero-order chi connectivity index (χ0) is 19.5. The summed E-state index contributed by atoms with van der Waals surface area (Å²) in [7, 11) is 3.44. The molecule has 3 N–H and O–H groups in total. The first-order valence-electron chi connectivity index (χ1n) is 9.03. The zero-order valence-corrected chi connectivity index (χ0v) is 19.7. The summed E-state index contributed by atoms with van der Waals surface area (Å²) in [6.07, 6.45) is 1.67. The number of amides is 1. The lowest BCUT2D eigenvalue weighted by atomic mass is 10.1. The van der Waals surface area contributed by atoms with Crippen LogP contribution in [0.2, 0.25) is 0 Å². The predicted octanol–water partition coefficient (Wildman–Crippen LogP) is 3.21. The Labute approximate surface area is 188 Å². The number of thiophene rings is 1. The minimum atomic E-state index is -0.0143. The number of nitrogens with one attached hydrogen (secondary N) is 3. The number of nitrogens with zero attached hydrogens (tertiary/aromatic N) is 1. The molecule has 0 unspecified atom stereocenters. The molecular formula is C20H29IN4O2S. The minimum absolute atomic E-state index is 0. The monoisotopic (exact) mass is 516 g/mol. The molecule has 2 aromatic rings. The predicted molar refractivity (Wildman–Crippen MR) is 127 cm³/mol. The van der Waals surface area contributed by atoms with Crippen LogP contribution in [0.25, 0.3) is 0 Å². The van der Waals surface area contributed by atoms with Crippen molar-refractivity contribution in [3.05, 3.63) is 51.7 Å². The minimum Gasteiger partial charge on any atom is -0.496 e. The van der Waals surface area contributed by atoms with Gasteiger partial charge in [-0.3, -0.25) is 9.79 Å². The molecule has 1 aromatic carbocycles. The smallest absolute Gasteiger partial charge is 0.261 e. The molecule has 0 bridgehead atoms. The highest BCUT2D eigenvalue weighted by molar-refractivity contribution is 14.0. The summed E-state index contributed by atoms with van der Waals surface area (Å²) < 4.78 is 5.41. The van der Waals surface area contributed by atoms with Crippen molar-refractivity contribution in [2.45, 2.75) is 19.8 Å². The van der Waals surface area contributed by atoms with Crippen LogP contribution in [0.1, 0.15) is 27.2 Å². The van der Waals surface area contributed by atoms with E-state index in [4.69, 9.17) is 4.74 Å². The molecule has 8 heteroatoms. The van der Waals surface area contributed by atoms with E-state index in [1.165, 1.54) is 22.5 Å². The maximum absolute atomic E-state index is 11.8. The van der Waals surface area contributed by atoms with Crippen LogP contribution in [0.5, 0.6) is 5.75 Å². The molecule has 2 rings (SSSR count). The second-order valence-corrected chi connectivity index (χ2v) is 7.03. The van der Waals surface area contributed by atoms with Crippen LogP contribution in [0.15, 0.2) is 40.7 Å². The van der Waals surface area contributed by atoms with E-state index in [9.17, 15) is 4.79 Å². The summed E-state index contributed by atoms with van der Waals surface area (Å²) >= 11 is 1.45. The van der Waals surface area contributed by atoms with Crippen molar-refractivity contribution in [2.24, 2.45) is 4.99 Å². The van der Waals surface area contributed by atoms with Gasteiger partial charge in [-0.15, -0.1) is 35.3 Å². The van der Waals surface area contributed by atoms with Crippen LogP contribution in [0.4, 0.5) is 0 Å². The standard InChI is InChI=1S/C20H28N4O2S.HI/c1-15-7-8-17(26-3)16(14-15)9-12-24-20(21-2)23-11-5-10-22-19(25)18-6-4-13-27-18;/h4,6-8,13-14H,5,9-12H2,1-3H3,(H,22,25)(H2,21,23,24);1H. The lowest BCUT2D eigenvalue weighted by Gasteiger charge is -2.13. The van der Waals surface area contributed by atoms with Crippen LogP contribution < -0.4 is 20.7 Å². The molecule has 0 saturated heterocycles. The Bertz CT molecular complexity index is 751. The number of hydrogen-bond donors (Lipinski definition) is 3. The lowest BCUT2D eigenvalue weighted by molar-refractivity contribution is 0.0957. The number of carbonyl (C=O) groups is 1. The molecular weight excluding hydrogens is 487 g/mol. The van der Waals surface area contributed by atoms with Gasteiger partial charge < -0.3 is 20.7 Å². The van der Waals surface area contributed by atoms with Crippen molar-refractivity contribution in [3.8, 4) is 5.75 Å². The van der Waals surface area contributed by atoms with Crippen molar-refractivity contribution in [2.75, 3.05) is 33.8 Å². The third-order valence-corrected chi connectivity index (χ3v) is 4.89. The van der Waals surface area contributed by atoms with E-state index in [0.717, 1.165) is 42.5 Å². The SMILES string of the molecule is CN=C(NCCCNC(=O)c1cccs1)NCCc1cc(C)ccc1OC.I. The Morgan fingerprint density at radius 1 is 1.14 bits per heavy atom. The van der Waals surface area contributed by atoms with Crippen molar-refractivity contribution in [1.82, 2.24) is 16.0 Å². The van der Waals surface area contributed by atoms with Gasteiger partial charge in [-0.25, -0.2) is 0 Å². The Morgan fingerprint density at radius 2 is 1.89 bits per heavy atom. The number of hydrogen-bond acceptors (Lipinski definition) is 4. The van der Waals surface area contributed by atoms with Crippen LogP contribution in [0, 0.1) is 6.92 Å². The number of methoxy groups -OCH3 is 1. The summed E-state index contributed by atoms with van der Waals surface area (Å²) in [4.78, 5) is 16.8. The van der Waals surface area contributed by atoms with Crippen LogP contribution >= 0.6 is 35.3 Å². The first-order chi connectivity index (χ1) is 13.1. The Kier molecular flexibility index (Phi) is 11.6. The highest BCUT2D eigenvalue weighted by atomic mass is 127. The molecule has 1 aromatic heterocycles. The number of halogens is 1. The van der Waals surface area contributed by atoms with Gasteiger partial charge in [0, 0.05) is 26.7 Å². The quantitative estimate of drug-likeness (QED) is 0.207. The van der Waals surface area contributed by atoms with E-state index in [1.54, 1.807) is 14.2 Å². The Balaban J connectivity index is 0.00000392. The number of guanidine groups is 1. The molecule has 0 atom stereocenters. The first-order valence-corrected chi connectivity index (χ1v) is 9.91. The van der Waals surface area contributed by atoms with Gasteiger partial charge >= 0.3 is 0 Å². The van der Waals surface area contributed by atoms with E-state index in [-0.39, 0.29) is 29.9 Å². The molecule has 0 aliphatic heterocycles. The van der Waals surface area contributed by atoms with Crippen molar-refractivity contribution in [1.29, 1.82) is 0 Å². The number of aliphatic imine (C=N–C) groups is 1. The van der Waals surface area contributed by atoms with Crippen molar-refractivity contribution < 1.29 is 9.53 Å². The second-order valence-electron chi connectivity index (χ2n) is 6.08. The normalized spacial score (nSPS) is 10.8. The third kappa shape index (κ3) is 8.05. The largest absolute Gasteiger partial charge is 0.496 e. The topological polar surface area (TPSA) is 74.8 Å². The van der Waals surface area contributed by atoms with Gasteiger partial charge in [0.2, 0.25) is 0 Å². The molecule has 1 amide bonds. The summed E-state index contributed by atoms with van der Waals surface area (Å²) in [5, 5.41) is 11.4. The average Bonchev–Trinajstić information content (AvgIpc) is 3.21. The van der Waals surface area contributed by atoms with Crippen LogP contribution in [-0.2, 0) is 6.42 Å². The number of rotatable bonds is 9. The number of aryl methyl sites for hydroxylation is 1. The molecule has 0 fully saturated rings. The molecule has 0 radical (unpaired) electrons. The molecule has 0 saturated carbocycles. The van der Waals surface area contributed by atoms with E-state index >= 15 is 0 Å². The third-order valence-electron chi connectivity index (χ3n) is 4.02. The Morgan fingerprint density at radius 3 is 2.57 bits per heavy atom. The number of carbonyl (C=O) groups excluding carboxylic acids is 1. The maximum atomic E-state index is 11.8. The van der Waals surface area contributed by atoms with E-state index in [0.29, 0.717) is 6.54 Å². The highest BCUT2D eigenvalue weighted by Crippen LogP contribution is 2.19. The fourth-order valence-electron chi connectivity index (χ4n) is 2.63. The molecule has 0 spiro atoms. The van der Waals surface area contributed by atoms with Gasteiger partial charge in [0.25, 0.3) is 5.91 Å². The molecule has 1 heterocycles. The molecule has 0 aliphatic rings. The van der Waals surface area contributed by atoms with Crippen LogP contribution in [0.3, 0.4) is 0 Å². The van der Waals surface area contributed by atoms with Crippen molar-refractivity contribution >= 4 is 47.2 Å². The van der Waals surface area contributed by atoms with Crippen LogP contribution in [-0.4, -0.2) is 45.7 Å². The van der Waals surface area contributed by atoms with Gasteiger partial charge in [-0.05, 0) is 42.8 Å². The fourth-order valence-corrected chi connectivity index (χ4v) is 3.27. The summed E-state index contributed by atoms with van der Waals surface area (Å²) in [5.74, 6) is 1.65. The van der Waals surface area contributed by atoms with E-state index < -0.39 is 0 Å². The maximum Gasteiger partial charge on any atom is 0.261 e. The van der Waals surface area contributed by atoms with Gasteiger partial charge in [0.15, 0.2) is 5.96 Å². The fraction of sp³-hybridized carbons (Fsp3) is 0.400. The second kappa shape index (κ2) is 13.4. The summed E-state index contributed by atoms with van der Waals surface area (Å²) in [5.41, 5.74) is 2.40. The molecule has 6 nitrogen and oxygen atoms in total. The first kappa shape index (κ1) is 24.2. The summed E-state index contributed by atoms with van der Waals surface area (Å²) in [6, 6.07) is 9.90. The lowest BCUT2D eigenvalue weighted by Crippen LogP contribution is -2.39. The van der Waals surface area contributed by atoms with Gasteiger partial charge in [0.05, 0.1) is 12.0 Å². The van der Waals surface area contributed by atoms with E-state index in [1.807, 2.05) is 29.6 Å². The van der Waals surface area contributed by atoms with Gasteiger partial charge in [-0.2, -0.15) is 0 Å². The average molecular weight is 516 g/mol. The number of ether oxygens (including phenoxy) is 1. The summed E-state index contributed by atoms with van der Waals surface area (Å²) in [6.45, 7) is 4.20. The number of benzene rings is 1. The molecule has 0 aliphatic carbocycles. The van der Waals surface area contributed by atoms with Crippen molar-refractivity contribution in [3.63, 3.8) is 0 Å². The van der Waals surface area contributed by atoms with Gasteiger partial charge in [-0.1, -0.05) is 23.8 Å². The van der Waals surface area contributed by atoms with Gasteiger partial charge in [0.1, 0.15) is 5.75 Å². The highest BCUT2D eigenvalue weighted by Gasteiger charge is 2.06. The Hall–Kier alpha value is -1.81. The molecule has 154 valence electrons.